The Bertz CT molecular complexity index is 985. The van der Waals surface area contributed by atoms with E-state index >= 15 is 0 Å². The summed E-state index contributed by atoms with van der Waals surface area (Å²) in [4.78, 5) is 17.1. The predicted molar refractivity (Wildman–Crippen MR) is 119 cm³/mol. The molecular weight excluding hydrogens is 389 g/mol. The van der Waals surface area contributed by atoms with Crippen molar-refractivity contribution in [3.8, 4) is 11.1 Å². The van der Waals surface area contributed by atoms with E-state index in [4.69, 9.17) is 4.74 Å². The molecule has 2 aliphatic carbocycles. The molecule has 1 aromatic carbocycles. The number of hydrogen-bond donors (Lipinski definition) is 0. The number of ether oxygens (including phenoxy) is 1. The summed E-state index contributed by atoms with van der Waals surface area (Å²) < 4.78 is 19.2. The topological polar surface area (TPSA) is 39.2 Å². The van der Waals surface area contributed by atoms with Crippen molar-refractivity contribution in [1.82, 2.24) is 4.98 Å². The maximum absolute atomic E-state index is 13.5. The molecule has 2 saturated carbocycles. The number of nitrogens with zero attached hydrogens (tertiary/aromatic N) is 1. The quantitative estimate of drug-likeness (QED) is 0.560. The molecule has 1 saturated heterocycles. The van der Waals surface area contributed by atoms with Gasteiger partial charge in [-0.25, -0.2) is 4.39 Å². The molecular formula is C27H30FNO2. The van der Waals surface area contributed by atoms with E-state index in [1.807, 2.05) is 18.2 Å². The van der Waals surface area contributed by atoms with Gasteiger partial charge in [0.05, 0.1) is 11.6 Å². The van der Waals surface area contributed by atoms with Gasteiger partial charge in [-0.3, -0.25) is 9.78 Å². The molecule has 2 heterocycles. The van der Waals surface area contributed by atoms with Gasteiger partial charge in [-0.1, -0.05) is 50.5 Å². The lowest BCUT2D eigenvalue weighted by molar-refractivity contribution is -0.144. The summed E-state index contributed by atoms with van der Waals surface area (Å²) in [6, 6.07) is 10.6. The van der Waals surface area contributed by atoms with E-state index in [1.54, 1.807) is 12.3 Å². The van der Waals surface area contributed by atoms with Gasteiger partial charge in [0.15, 0.2) is 0 Å². The minimum absolute atomic E-state index is 0.00477. The first-order valence-corrected chi connectivity index (χ1v) is 11.6. The highest BCUT2D eigenvalue weighted by Gasteiger charge is 2.55. The van der Waals surface area contributed by atoms with E-state index in [0.717, 1.165) is 23.2 Å². The highest BCUT2D eigenvalue weighted by molar-refractivity contribution is 5.75. The molecule has 2 unspecified atom stereocenters. The van der Waals surface area contributed by atoms with Gasteiger partial charge in [-0.15, -0.1) is 0 Å². The van der Waals surface area contributed by atoms with Crippen LogP contribution in [0, 0.1) is 41.3 Å². The fourth-order valence-electron chi connectivity index (χ4n) is 6.58. The fourth-order valence-corrected chi connectivity index (χ4v) is 6.58. The van der Waals surface area contributed by atoms with E-state index in [1.165, 1.54) is 31.4 Å². The van der Waals surface area contributed by atoms with Crippen molar-refractivity contribution >= 4 is 12.0 Å². The normalized spacial score (nSPS) is 34.9. The number of cyclic esters (lactones) is 1. The smallest absolute Gasteiger partial charge is 0.309 e. The molecule has 1 aromatic heterocycles. The highest BCUT2D eigenvalue weighted by atomic mass is 19.1. The number of halogens is 1. The summed E-state index contributed by atoms with van der Waals surface area (Å²) in [5.41, 5.74) is 2.62. The summed E-state index contributed by atoms with van der Waals surface area (Å²) in [7, 11) is 0. The second-order valence-corrected chi connectivity index (χ2v) is 9.73. The Morgan fingerprint density at radius 3 is 2.74 bits per heavy atom. The van der Waals surface area contributed by atoms with Crippen molar-refractivity contribution in [2.24, 2.45) is 35.5 Å². The monoisotopic (exact) mass is 419 g/mol. The number of rotatable bonds is 3. The van der Waals surface area contributed by atoms with Crippen LogP contribution in [-0.4, -0.2) is 17.1 Å². The Labute approximate surface area is 183 Å². The average Bonchev–Trinajstić information content (AvgIpc) is 3.05. The Hall–Kier alpha value is -2.49. The molecule has 0 radical (unpaired) electrons. The molecule has 0 spiro atoms. The molecule has 3 nitrogen and oxygen atoms in total. The van der Waals surface area contributed by atoms with Crippen LogP contribution in [0.4, 0.5) is 4.39 Å². The molecule has 7 atom stereocenters. The Balaban J connectivity index is 1.41. The third-order valence-corrected chi connectivity index (χ3v) is 7.93. The predicted octanol–water partition coefficient (Wildman–Crippen LogP) is 6.15. The van der Waals surface area contributed by atoms with Gasteiger partial charge in [0, 0.05) is 17.7 Å². The zero-order valence-electron chi connectivity index (χ0n) is 18.2. The third-order valence-electron chi connectivity index (χ3n) is 7.93. The SMILES string of the molecule is CC1CCC[C@H]2C[C@H]3C(=O)O[C@H](C)[C@H]3[C@@H](/C=C/c3ccc(-c4cccc(F)c4)cn3)C12. The minimum Gasteiger partial charge on any atom is -0.462 e. The number of allylic oxidation sites excluding steroid dienone is 1. The first kappa shape index (κ1) is 20.4. The van der Waals surface area contributed by atoms with E-state index < -0.39 is 0 Å². The number of fused-ring (bicyclic) bond motifs is 2. The van der Waals surface area contributed by atoms with E-state index in [9.17, 15) is 9.18 Å². The molecule has 31 heavy (non-hydrogen) atoms. The zero-order valence-corrected chi connectivity index (χ0v) is 18.2. The fraction of sp³-hybridized carbons (Fsp3) is 0.481. The van der Waals surface area contributed by atoms with Crippen LogP contribution >= 0.6 is 0 Å². The summed E-state index contributed by atoms with van der Waals surface area (Å²) in [6.07, 6.45) is 10.9. The molecule has 3 aliphatic rings. The zero-order chi connectivity index (χ0) is 21.5. The number of pyridine rings is 1. The lowest BCUT2D eigenvalue weighted by Crippen LogP contribution is -2.45. The standard InChI is InChI=1S/C27H30FNO2/c1-16-5-3-7-19-14-24-26(17(2)31-27(24)30)23(25(16)19)12-11-22-10-9-20(15-29-22)18-6-4-8-21(28)13-18/h4,6,8-13,15-17,19,23-26H,3,5,7,14H2,1-2H3/b12-11+/t16?,17-,19+,23+,24-,25?,26+/m1/s1. The highest BCUT2D eigenvalue weighted by Crippen LogP contribution is 2.55. The molecule has 1 aliphatic heterocycles. The number of carbonyl (C=O) groups is 1. The summed E-state index contributed by atoms with van der Waals surface area (Å²) in [6.45, 7) is 4.44. The van der Waals surface area contributed by atoms with E-state index in [2.05, 4.69) is 31.0 Å². The number of carbonyl (C=O) groups excluding carboxylic acids is 1. The van der Waals surface area contributed by atoms with Crippen molar-refractivity contribution in [1.29, 1.82) is 0 Å². The maximum Gasteiger partial charge on any atom is 0.309 e. The van der Waals surface area contributed by atoms with Gasteiger partial charge in [0.1, 0.15) is 11.9 Å². The lowest BCUT2D eigenvalue weighted by atomic mass is 9.55. The van der Waals surface area contributed by atoms with Crippen LogP contribution in [0.3, 0.4) is 0 Å². The molecule has 0 bridgehead atoms. The molecule has 4 heteroatoms. The van der Waals surface area contributed by atoms with Crippen molar-refractivity contribution in [3.05, 3.63) is 60.2 Å². The summed E-state index contributed by atoms with van der Waals surface area (Å²) >= 11 is 0. The van der Waals surface area contributed by atoms with E-state index in [0.29, 0.717) is 23.7 Å². The number of aromatic nitrogens is 1. The van der Waals surface area contributed by atoms with Crippen LogP contribution in [0.1, 0.15) is 45.2 Å². The van der Waals surface area contributed by atoms with Gasteiger partial charge >= 0.3 is 5.97 Å². The molecule has 0 N–H and O–H groups in total. The first-order chi connectivity index (χ1) is 15.0. The molecule has 3 fully saturated rings. The first-order valence-electron chi connectivity index (χ1n) is 11.6. The number of hydrogen-bond acceptors (Lipinski definition) is 3. The Morgan fingerprint density at radius 2 is 1.97 bits per heavy atom. The van der Waals surface area contributed by atoms with Crippen LogP contribution < -0.4 is 0 Å². The van der Waals surface area contributed by atoms with Gasteiger partial charge in [-0.05, 0) is 66.9 Å². The van der Waals surface area contributed by atoms with Crippen LogP contribution in [0.25, 0.3) is 17.2 Å². The molecule has 5 rings (SSSR count). The second-order valence-electron chi connectivity index (χ2n) is 9.73. The minimum atomic E-state index is -0.244. The van der Waals surface area contributed by atoms with Crippen LogP contribution in [0.2, 0.25) is 0 Å². The van der Waals surface area contributed by atoms with E-state index in [-0.39, 0.29) is 29.7 Å². The largest absolute Gasteiger partial charge is 0.462 e. The molecule has 0 amide bonds. The number of benzene rings is 1. The number of esters is 1. The average molecular weight is 420 g/mol. The summed E-state index contributed by atoms with van der Waals surface area (Å²) in [5.74, 6) is 2.29. The van der Waals surface area contributed by atoms with Crippen LogP contribution in [0.5, 0.6) is 0 Å². The van der Waals surface area contributed by atoms with Crippen LogP contribution in [-0.2, 0) is 9.53 Å². The van der Waals surface area contributed by atoms with Gasteiger partial charge < -0.3 is 4.74 Å². The van der Waals surface area contributed by atoms with Crippen molar-refractivity contribution < 1.29 is 13.9 Å². The Morgan fingerprint density at radius 1 is 1.10 bits per heavy atom. The van der Waals surface area contributed by atoms with Crippen LogP contribution in [0.15, 0.2) is 48.7 Å². The van der Waals surface area contributed by atoms with Crippen molar-refractivity contribution in [3.63, 3.8) is 0 Å². The van der Waals surface area contributed by atoms with Crippen molar-refractivity contribution in [2.45, 2.75) is 45.6 Å². The molecule has 2 aromatic rings. The van der Waals surface area contributed by atoms with Crippen molar-refractivity contribution in [2.75, 3.05) is 0 Å². The van der Waals surface area contributed by atoms with Gasteiger partial charge in [-0.2, -0.15) is 0 Å². The second kappa shape index (κ2) is 8.22. The maximum atomic E-state index is 13.5. The van der Waals surface area contributed by atoms with Gasteiger partial charge in [0.25, 0.3) is 0 Å². The lowest BCUT2D eigenvalue weighted by Gasteiger charge is -2.48. The summed E-state index contributed by atoms with van der Waals surface area (Å²) in [5, 5.41) is 0. The Kier molecular flexibility index (Phi) is 5.41. The third kappa shape index (κ3) is 3.81. The van der Waals surface area contributed by atoms with Gasteiger partial charge in [0.2, 0.25) is 0 Å². The molecule has 162 valence electrons.